The van der Waals surface area contributed by atoms with E-state index in [1.807, 2.05) is 27.2 Å². The Morgan fingerprint density at radius 3 is 2.00 bits per heavy atom. The van der Waals surface area contributed by atoms with Gasteiger partial charge >= 0.3 is 13.9 Å². The predicted molar refractivity (Wildman–Crippen MR) is 136 cm³/mol. The van der Waals surface area contributed by atoms with Gasteiger partial charge in [0.1, 0.15) is 13.2 Å². The van der Waals surface area contributed by atoms with Crippen molar-refractivity contribution in [1.29, 1.82) is 0 Å². The van der Waals surface area contributed by atoms with Gasteiger partial charge in [-0.1, -0.05) is 83.3 Å². The summed E-state index contributed by atoms with van der Waals surface area (Å²) in [6.45, 7) is 2.25. The van der Waals surface area contributed by atoms with E-state index >= 15 is 0 Å². The summed E-state index contributed by atoms with van der Waals surface area (Å²) in [6.07, 6.45) is 15.4. The predicted octanol–water partition coefficient (Wildman–Crippen LogP) is 5.08. The van der Waals surface area contributed by atoms with Crippen LogP contribution < -0.4 is 5.32 Å². The summed E-state index contributed by atoms with van der Waals surface area (Å²) in [4.78, 5) is 20.8. The highest BCUT2D eigenvalue weighted by atomic mass is 31.2. The molecule has 10 heteroatoms. The average molecular weight is 510 g/mol. The lowest BCUT2D eigenvalue weighted by molar-refractivity contribution is -0.870. The third-order valence-corrected chi connectivity index (χ3v) is 6.45. The Morgan fingerprint density at radius 2 is 1.50 bits per heavy atom. The fraction of sp³-hybridized carbons (Fsp3) is 0.875. The van der Waals surface area contributed by atoms with Gasteiger partial charge in [-0.2, -0.15) is 0 Å². The van der Waals surface area contributed by atoms with Crippen molar-refractivity contribution in [3.8, 4) is 0 Å². The molecule has 0 fully saturated rings. The first-order valence-corrected chi connectivity index (χ1v) is 14.2. The van der Waals surface area contributed by atoms with E-state index in [1.165, 1.54) is 63.9 Å². The number of carbonyl (C=O) groups is 1. The van der Waals surface area contributed by atoms with Crippen LogP contribution in [0.25, 0.3) is 0 Å². The summed E-state index contributed by atoms with van der Waals surface area (Å²) in [6, 6.07) is -1.09. The van der Waals surface area contributed by atoms with Gasteiger partial charge in [0.2, 0.25) is 0 Å². The van der Waals surface area contributed by atoms with Crippen molar-refractivity contribution in [2.24, 2.45) is 0 Å². The molecule has 0 radical (unpaired) electrons. The summed E-state index contributed by atoms with van der Waals surface area (Å²) >= 11 is 0. The molecular weight excluding hydrogens is 459 g/mol. The highest BCUT2D eigenvalue weighted by Crippen LogP contribution is 2.43. The van der Waals surface area contributed by atoms with Crippen LogP contribution >= 0.6 is 7.82 Å². The Kier molecular flexibility index (Phi) is 18.7. The maximum Gasteiger partial charge on any atom is 0.472 e. The minimum atomic E-state index is -4.35. The van der Waals surface area contributed by atoms with Gasteiger partial charge in [0.05, 0.1) is 39.9 Å². The summed E-state index contributed by atoms with van der Waals surface area (Å²) in [5.74, 6) is 0. The lowest BCUT2D eigenvalue weighted by Crippen LogP contribution is -2.45. The third kappa shape index (κ3) is 21.6. The molecule has 1 amide bonds. The van der Waals surface area contributed by atoms with E-state index in [0.29, 0.717) is 11.0 Å². The van der Waals surface area contributed by atoms with Gasteiger partial charge in [-0.15, -0.1) is 0 Å². The number of phosphoric ester groups is 1. The smallest absolute Gasteiger partial charge is 0.465 e. The summed E-state index contributed by atoms with van der Waals surface area (Å²) in [5.41, 5.74) is 0. The molecule has 34 heavy (non-hydrogen) atoms. The van der Waals surface area contributed by atoms with Crippen LogP contribution in [0, 0.1) is 0 Å². The molecule has 0 saturated carbocycles. The number of phosphoric acid groups is 1. The number of likely N-dealkylation sites (N-methyl/N-ethyl adjacent to an activating group) is 1. The zero-order valence-corrected chi connectivity index (χ0v) is 22.7. The number of amides is 1. The number of hydrogen-bond acceptors (Lipinski definition) is 5. The third-order valence-electron chi connectivity index (χ3n) is 5.46. The molecule has 0 aromatic carbocycles. The summed E-state index contributed by atoms with van der Waals surface area (Å²) < 4.78 is 22.4. The second kappa shape index (κ2) is 19.3. The molecule has 3 atom stereocenters. The Labute approximate surface area is 206 Å². The van der Waals surface area contributed by atoms with E-state index in [-0.39, 0.29) is 6.61 Å². The number of nitrogens with one attached hydrogen (secondary N) is 1. The van der Waals surface area contributed by atoms with Crippen LogP contribution in [0.4, 0.5) is 4.79 Å². The molecule has 202 valence electrons. The molecular formula is C24H50N2O7P+. The molecule has 0 aromatic rings. The van der Waals surface area contributed by atoms with Gasteiger partial charge in [0.25, 0.3) is 0 Å². The molecule has 0 aliphatic rings. The Balaban J connectivity index is 4.16. The molecule has 9 nitrogen and oxygen atoms in total. The zero-order valence-electron chi connectivity index (χ0n) is 21.8. The molecule has 0 bridgehead atoms. The molecule has 0 aliphatic heterocycles. The quantitative estimate of drug-likeness (QED) is 0.0694. The minimum absolute atomic E-state index is 0.00964. The average Bonchev–Trinajstić information content (AvgIpc) is 2.73. The van der Waals surface area contributed by atoms with Crippen molar-refractivity contribution < 1.29 is 38.0 Å². The van der Waals surface area contributed by atoms with Crippen LogP contribution in [0.5, 0.6) is 0 Å². The maximum absolute atomic E-state index is 12.0. The number of hydrogen-bond donors (Lipinski definition) is 4. The van der Waals surface area contributed by atoms with Crippen molar-refractivity contribution in [3.05, 3.63) is 12.2 Å². The van der Waals surface area contributed by atoms with E-state index in [9.17, 15) is 19.4 Å². The van der Waals surface area contributed by atoms with Gasteiger partial charge in [0, 0.05) is 0 Å². The number of rotatable bonds is 22. The fourth-order valence-electron chi connectivity index (χ4n) is 3.32. The van der Waals surface area contributed by atoms with Gasteiger partial charge in [0.15, 0.2) is 0 Å². The lowest BCUT2D eigenvalue weighted by Gasteiger charge is -2.25. The van der Waals surface area contributed by atoms with Crippen molar-refractivity contribution in [1.82, 2.24) is 5.32 Å². The molecule has 0 spiro atoms. The highest BCUT2D eigenvalue weighted by Gasteiger charge is 2.27. The highest BCUT2D eigenvalue weighted by molar-refractivity contribution is 7.47. The Bertz CT molecular complexity index is 596. The minimum Gasteiger partial charge on any atom is -0.465 e. The largest absolute Gasteiger partial charge is 0.472 e. The first kappa shape index (κ1) is 33.0. The first-order chi connectivity index (χ1) is 16.0. The Morgan fingerprint density at radius 1 is 0.971 bits per heavy atom. The van der Waals surface area contributed by atoms with Crippen molar-refractivity contribution in [2.75, 3.05) is 40.9 Å². The second-order valence-electron chi connectivity index (χ2n) is 9.91. The molecule has 0 rings (SSSR count). The summed E-state index contributed by atoms with van der Waals surface area (Å²) in [5, 5.41) is 21.4. The summed E-state index contributed by atoms with van der Waals surface area (Å²) in [7, 11) is 1.39. The van der Waals surface area contributed by atoms with Gasteiger partial charge in [-0.05, 0) is 12.8 Å². The van der Waals surface area contributed by atoms with E-state index in [2.05, 4.69) is 12.2 Å². The van der Waals surface area contributed by atoms with Crippen LogP contribution in [0.2, 0.25) is 0 Å². The monoisotopic (exact) mass is 509 g/mol. The van der Waals surface area contributed by atoms with Crippen molar-refractivity contribution in [3.63, 3.8) is 0 Å². The molecule has 0 aromatic heterocycles. The van der Waals surface area contributed by atoms with Gasteiger partial charge in [-0.25, -0.2) is 9.36 Å². The number of nitrogens with zero attached hydrogens (tertiary/aromatic N) is 1. The van der Waals surface area contributed by atoms with E-state index in [1.54, 1.807) is 0 Å². The van der Waals surface area contributed by atoms with Crippen molar-refractivity contribution >= 4 is 13.9 Å². The number of aliphatic hydroxyl groups excluding tert-OH is 1. The fourth-order valence-corrected chi connectivity index (χ4v) is 4.06. The van der Waals surface area contributed by atoms with Crippen LogP contribution in [0.15, 0.2) is 12.2 Å². The number of aliphatic hydroxyl groups is 1. The van der Waals surface area contributed by atoms with Crippen LogP contribution in [0.1, 0.15) is 84.0 Å². The number of carboxylic acid groups (broad SMARTS) is 1. The zero-order chi connectivity index (χ0) is 25.9. The molecule has 0 aliphatic carbocycles. The van der Waals surface area contributed by atoms with Gasteiger partial charge in [-0.3, -0.25) is 9.05 Å². The maximum atomic E-state index is 12.0. The topological polar surface area (TPSA) is 125 Å². The van der Waals surface area contributed by atoms with Crippen LogP contribution in [-0.4, -0.2) is 78.7 Å². The second-order valence-corrected chi connectivity index (χ2v) is 11.4. The number of allylic oxidation sites excluding steroid dienone is 1. The molecule has 0 saturated heterocycles. The van der Waals surface area contributed by atoms with E-state index in [0.717, 1.165) is 19.3 Å². The number of quaternary nitrogens is 1. The van der Waals surface area contributed by atoms with Crippen molar-refractivity contribution in [2.45, 2.75) is 96.1 Å². The van der Waals surface area contributed by atoms with Gasteiger partial charge < -0.3 is 24.9 Å². The molecule has 0 heterocycles. The molecule has 4 N–H and O–H groups in total. The van der Waals surface area contributed by atoms with Crippen LogP contribution in [-0.2, 0) is 13.6 Å². The standard InChI is InChI=1S/C24H49N2O7P/c1-5-6-7-8-9-10-11-12-13-14-15-16-17-18-23(27)22(25-24(28)29)21-33-34(30,31)32-20-19-26(2,3)4/h17-18,22-23,25,27H,5-16,19-21H2,1-4H3,(H-,28,29,30,31)/p+1/b18-17+. The SMILES string of the molecule is CCCCCCCCCCCCC/C=C/C(O)C(COP(=O)(O)OCC[N+](C)(C)C)NC(=O)O. The van der Waals surface area contributed by atoms with E-state index < -0.39 is 32.7 Å². The lowest BCUT2D eigenvalue weighted by atomic mass is 10.0. The van der Waals surface area contributed by atoms with E-state index in [4.69, 9.17) is 14.2 Å². The molecule has 3 unspecified atom stereocenters. The normalized spacial score (nSPS) is 15.8. The Hall–Kier alpha value is -0.960. The van der Waals surface area contributed by atoms with Crippen LogP contribution in [0.3, 0.4) is 0 Å². The first-order valence-electron chi connectivity index (χ1n) is 12.7. The number of unbranched alkanes of at least 4 members (excludes halogenated alkanes) is 11.